The van der Waals surface area contributed by atoms with E-state index in [4.69, 9.17) is 10.5 Å². The number of hydrazone groups is 1. The molecule has 0 bridgehead atoms. The smallest absolute Gasteiger partial charge is 0.431 e. The minimum absolute atomic E-state index is 0.0364. The number of rotatable bonds is 3. The predicted molar refractivity (Wildman–Crippen MR) is 111 cm³/mol. The molecule has 2 aliphatic heterocycles. The van der Waals surface area contributed by atoms with Gasteiger partial charge in [0.1, 0.15) is 6.07 Å². The van der Waals surface area contributed by atoms with Gasteiger partial charge in [-0.2, -0.15) is 23.5 Å². The second kappa shape index (κ2) is 7.54. The molecule has 0 spiro atoms. The maximum atomic E-state index is 14.1. The SMILES string of the molecule is CN(C)c1ccc([C@@H]2C(C#N)=C(N)O[C@@H]3[C@H]2C(C(F)(F)F)=NN3c2ccccc2)cc1. The van der Waals surface area contributed by atoms with E-state index in [0.717, 1.165) is 5.69 Å². The van der Waals surface area contributed by atoms with Gasteiger partial charge in [0.25, 0.3) is 0 Å². The van der Waals surface area contributed by atoms with Crippen LogP contribution in [0.3, 0.4) is 0 Å². The zero-order chi connectivity index (χ0) is 22.3. The number of benzene rings is 2. The first kappa shape index (κ1) is 20.6. The van der Waals surface area contributed by atoms with Crippen molar-refractivity contribution in [2.24, 2.45) is 16.8 Å². The lowest BCUT2D eigenvalue weighted by Crippen LogP contribution is -2.46. The third-order valence-corrected chi connectivity index (χ3v) is 5.46. The van der Waals surface area contributed by atoms with Crippen LogP contribution in [0.15, 0.2) is 71.2 Å². The normalized spacial score (nSPS) is 23.0. The summed E-state index contributed by atoms with van der Waals surface area (Å²) < 4.78 is 47.8. The number of anilines is 2. The molecule has 0 unspecified atom stereocenters. The molecule has 2 N–H and O–H groups in total. The number of alkyl halides is 3. The Balaban J connectivity index is 1.87. The van der Waals surface area contributed by atoms with Crippen LogP contribution in [0, 0.1) is 17.2 Å². The minimum Gasteiger partial charge on any atom is -0.452 e. The van der Waals surface area contributed by atoms with E-state index in [1.165, 1.54) is 5.01 Å². The van der Waals surface area contributed by atoms with Gasteiger partial charge in [-0.1, -0.05) is 30.3 Å². The molecule has 0 saturated carbocycles. The fourth-order valence-electron chi connectivity index (χ4n) is 4.01. The zero-order valence-corrected chi connectivity index (χ0v) is 16.8. The summed E-state index contributed by atoms with van der Waals surface area (Å²) >= 11 is 0. The Morgan fingerprint density at radius 3 is 2.29 bits per heavy atom. The van der Waals surface area contributed by atoms with Crippen LogP contribution < -0.4 is 15.6 Å². The summed E-state index contributed by atoms with van der Waals surface area (Å²) in [4.78, 5) is 1.88. The standard InChI is InChI=1S/C22H20F3N5O/c1-29(2)14-10-8-13(9-11-14)17-16(12-26)20(27)31-21-18(17)19(22(23,24)25)28-30(21)15-6-4-3-5-7-15/h3-11,17-18,21H,27H2,1-2H3/t17-,18-,21-/m1/s1. The molecule has 0 aliphatic carbocycles. The lowest BCUT2D eigenvalue weighted by Gasteiger charge is -2.37. The van der Waals surface area contributed by atoms with Crippen molar-refractivity contribution in [3.8, 4) is 6.07 Å². The van der Waals surface area contributed by atoms with Crippen molar-refractivity contribution in [3.05, 3.63) is 71.6 Å². The Labute approximate surface area is 177 Å². The quantitative estimate of drug-likeness (QED) is 0.803. The van der Waals surface area contributed by atoms with Crippen LogP contribution >= 0.6 is 0 Å². The van der Waals surface area contributed by atoms with Gasteiger partial charge in [0.05, 0.1) is 17.2 Å². The van der Waals surface area contributed by atoms with Gasteiger partial charge in [0.15, 0.2) is 5.71 Å². The van der Waals surface area contributed by atoms with Crippen molar-refractivity contribution in [2.75, 3.05) is 24.0 Å². The van der Waals surface area contributed by atoms with Gasteiger partial charge in [0.2, 0.25) is 12.1 Å². The van der Waals surface area contributed by atoms with Gasteiger partial charge in [-0.3, -0.25) is 0 Å². The maximum Gasteiger partial charge on any atom is 0.431 e. The predicted octanol–water partition coefficient (Wildman–Crippen LogP) is 3.94. The number of nitrogens with zero attached hydrogens (tertiary/aromatic N) is 4. The van der Waals surface area contributed by atoms with Crippen LogP contribution in [0.25, 0.3) is 0 Å². The Morgan fingerprint density at radius 1 is 1.10 bits per heavy atom. The van der Waals surface area contributed by atoms with Crippen molar-refractivity contribution >= 4 is 17.1 Å². The first-order chi connectivity index (χ1) is 14.7. The van der Waals surface area contributed by atoms with Crippen molar-refractivity contribution in [1.82, 2.24) is 0 Å². The fraction of sp³-hybridized carbons (Fsp3) is 0.273. The number of allylic oxidation sites excluding steroid dienone is 1. The third kappa shape index (κ3) is 3.54. The largest absolute Gasteiger partial charge is 0.452 e. The Hall–Kier alpha value is -3.67. The Kier molecular flexibility index (Phi) is 5.01. The Morgan fingerprint density at radius 2 is 1.74 bits per heavy atom. The van der Waals surface area contributed by atoms with E-state index >= 15 is 0 Å². The topological polar surface area (TPSA) is 77.9 Å². The number of hydrogen-bond donors (Lipinski definition) is 1. The van der Waals surface area contributed by atoms with Gasteiger partial charge < -0.3 is 15.4 Å². The van der Waals surface area contributed by atoms with Crippen LogP contribution in [-0.2, 0) is 4.74 Å². The van der Waals surface area contributed by atoms with E-state index in [1.54, 1.807) is 54.6 Å². The molecule has 4 rings (SSSR count). The summed E-state index contributed by atoms with van der Waals surface area (Å²) in [5.74, 6) is -2.40. The number of nitrogens with two attached hydrogens (primary N) is 1. The minimum atomic E-state index is -4.70. The van der Waals surface area contributed by atoms with Crippen LogP contribution in [0.4, 0.5) is 24.5 Å². The molecule has 0 radical (unpaired) electrons. The number of halogens is 3. The van der Waals surface area contributed by atoms with E-state index in [0.29, 0.717) is 11.3 Å². The molecule has 9 heteroatoms. The highest BCUT2D eigenvalue weighted by molar-refractivity contribution is 5.96. The van der Waals surface area contributed by atoms with E-state index in [1.807, 2.05) is 25.1 Å². The van der Waals surface area contributed by atoms with Gasteiger partial charge in [0, 0.05) is 25.7 Å². The Bertz CT molecular complexity index is 1070. The molecule has 0 saturated heterocycles. The molecular weight excluding hydrogens is 407 g/mol. The molecule has 0 amide bonds. The van der Waals surface area contributed by atoms with Gasteiger partial charge in [-0.05, 0) is 29.8 Å². The van der Waals surface area contributed by atoms with E-state index in [-0.39, 0.29) is 11.5 Å². The highest BCUT2D eigenvalue weighted by Gasteiger charge is 2.57. The molecule has 2 heterocycles. The molecule has 2 aliphatic rings. The molecular formula is C22H20F3N5O. The number of fused-ring (bicyclic) bond motifs is 1. The highest BCUT2D eigenvalue weighted by Crippen LogP contribution is 2.48. The highest BCUT2D eigenvalue weighted by atomic mass is 19.4. The lowest BCUT2D eigenvalue weighted by atomic mass is 9.76. The molecule has 160 valence electrons. The third-order valence-electron chi connectivity index (χ3n) is 5.46. The van der Waals surface area contributed by atoms with Crippen LogP contribution in [0.1, 0.15) is 11.5 Å². The fourth-order valence-corrected chi connectivity index (χ4v) is 4.01. The van der Waals surface area contributed by atoms with E-state index < -0.39 is 30.0 Å². The van der Waals surface area contributed by atoms with Crippen molar-refractivity contribution in [1.29, 1.82) is 5.26 Å². The van der Waals surface area contributed by atoms with Crippen molar-refractivity contribution in [3.63, 3.8) is 0 Å². The number of hydrogen-bond acceptors (Lipinski definition) is 6. The van der Waals surface area contributed by atoms with E-state index in [2.05, 4.69) is 5.10 Å². The summed E-state index contributed by atoms with van der Waals surface area (Å²) in [6.45, 7) is 0. The summed E-state index contributed by atoms with van der Waals surface area (Å²) in [7, 11) is 3.72. The van der Waals surface area contributed by atoms with Crippen LogP contribution in [-0.4, -0.2) is 32.2 Å². The molecule has 2 aromatic carbocycles. The second-order valence-electron chi connectivity index (χ2n) is 7.55. The lowest BCUT2D eigenvalue weighted by molar-refractivity contribution is -0.0658. The molecule has 31 heavy (non-hydrogen) atoms. The average molecular weight is 427 g/mol. The second-order valence-corrected chi connectivity index (χ2v) is 7.55. The van der Waals surface area contributed by atoms with Crippen LogP contribution in [0.5, 0.6) is 0 Å². The van der Waals surface area contributed by atoms with Gasteiger partial charge >= 0.3 is 6.18 Å². The molecule has 6 nitrogen and oxygen atoms in total. The molecule has 0 fully saturated rings. The van der Waals surface area contributed by atoms with E-state index in [9.17, 15) is 18.4 Å². The van der Waals surface area contributed by atoms with Crippen molar-refractivity contribution in [2.45, 2.75) is 18.3 Å². The van der Waals surface area contributed by atoms with Crippen LogP contribution in [0.2, 0.25) is 0 Å². The molecule has 0 aromatic heterocycles. The average Bonchev–Trinajstić information content (AvgIpc) is 3.13. The number of ether oxygens (including phenoxy) is 1. The summed E-state index contributed by atoms with van der Waals surface area (Å²) in [5.41, 5.74) is 6.83. The molecule has 3 atom stereocenters. The molecule has 2 aromatic rings. The number of para-hydroxylation sites is 1. The summed E-state index contributed by atoms with van der Waals surface area (Å²) in [6, 6.07) is 17.4. The number of nitriles is 1. The monoisotopic (exact) mass is 427 g/mol. The summed E-state index contributed by atoms with van der Waals surface area (Å²) in [5, 5.41) is 14.8. The van der Waals surface area contributed by atoms with Gasteiger partial charge in [-0.25, -0.2) is 5.01 Å². The van der Waals surface area contributed by atoms with Crippen molar-refractivity contribution < 1.29 is 17.9 Å². The maximum absolute atomic E-state index is 14.1. The summed E-state index contributed by atoms with van der Waals surface area (Å²) in [6.07, 6.45) is -5.83. The zero-order valence-electron chi connectivity index (χ0n) is 16.8. The first-order valence-electron chi connectivity index (χ1n) is 9.56. The van der Waals surface area contributed by atoms with Gasteiger partial charge in [-0.15, -0.1) is 0 Å². The first-order valence-corrected chi connectivity index (χ1v) is 9.56.